The molecule has 0 saturated heterocycles. The Morgan fingerprint density at radius 1 is 1.27 bits per heavy atom. The number of anilines is 2. The van der Waals surface area contributed by atoms with E-state index in [1.54, 1.807) is 11.6 Å². The number of pyridine rings is 1. The molecule has 2 aromatic heterocycles. The number of nitrogens with zero attached hydrogens (tertiary/aromatic N) is 3. The van der Waals surface area contributed by atoms with Gasteiger partial charge in [0.05, 0.1) is 17.3 Å². The molecule has 22 heavy (non-hydrogen) atoms. The minimum atomic E-state index is 0.531. The normalized spacial score (nSPS) is 11.0. The number of ether oxygens (including phenoxy) is 1. The Hall–Kier alpha value is -1.79. The van der Waals surface area contributed by atoms with Gasteiger partial charge in [0.1, 0.15) is 22.9 Å². The van der Waals surface area contributed by atoms with Crippen LogP contribution in [0.15, 0.2) is 29.0 Å². The number of aryl methyl sites for hydroxylation is 2. The molecule has 3 rings (SSSR count). The van der Waals surface area contributed by atoms with Crippen molar-refractivity contribution in [3.8, 4) is 5.75 Å². The fourth-order valence-electron chi connectivity index (χ4n) is 2.29. The molecule has 0 atom stereocenters. The lowest BCUT2D eigenvalue weighted by molar-refractivity contribution is 0.415. The minimum Gasteiger partial charge on any atom is -0.495 e. The van der Waals surface area contributed by atoms with Crippen LogP contribution in [0.1, 0.15) is 11.1 Å². The van der Waals surface area contributed by atoms with Crippen molar-refractivity contribution in [2.75, 3.05) is 12.4 Å². The van der Waals surface area contributed by atoms with Crippen molar-refractivity contribution in [2.45, 2.75) is 13.8 Å². The first-order chi connectivity index (χ1) is 10.5. The zero-order valence-corrected chi connectivity index (χ0v) is 14.7. The van der Waals surface area contributed by atoms with Crippen LogP contribution in [0.3, 0.4) is 0 Å². The van der Waals surface area contributed by atoms with Gasteiger partial charge in [-0.25, -0.2) is 4.98 Å². The van der Waals surface area contributed by atoms with Gasteiger partial charge in [0.2, 0.25) is 0 Å². The van der Waals surface area contributed by atoms with Crippen molar-refractivity contribution in [1.29, 1.82) is 0 Å². The van der Waals surface area contributed by atoms with Gasteiger partial charge in [-0.1, -0.05) is 17.7 Å². The third-order valence-corrected chi connectivity index (χ3v) is 4.44. The van der Waals surface area contributed by atoms with E-state index >= 15 is 0 Å². The summed E-state index contributed by atoms with van der Waals surface area (Å²) in [6, 6.07) is 5.79. The Balaban J connectivity index is 2.17. The number of aromatic nitrogens is 3. The van der Waals surface area contributed by atoms with Crippen LogP contribution in [0.25, 0.3) is 5.65 Å². The molecule has 114 valence electrons. The molecule has 1 N–H and O–H groups in total. The van der Waals surface area contributed by atoms with Gasteiger partial charge in [0.15, 0.2) is 5.65 Å². The molecule has 0 amide bonds. The highest BCUT2D eigenvalue weighted by Crippen LogP contribution is 2.38. The Kier molecular flexibility index (Phi) is 3.97. The number of benzene rings is 1. The number of hydrogen-bond acceptors (Lipinski definition) is 4. The van der Waals surface area contributed by atoms with Gasteiger partial charge >= 0.3 is 0 Å². The Bertz CT molecular complexity index is 862. The fraction of sp³-hybridized carbons (Fsp3) is 0.200. The van der Waals surface area contributed by atoms with Gasteiger partial charge in [-0.05, 0) is 53.0 Å². The maximum absolute atomic E-state index is 6.42. The topological polar surface area (TPSA) is 51.5 Å². The average Bonchev–Trinajstić information content (AvgIpc) is 2.96. The molecule has 0 bridgehead atoms. The van der Waals surface area contributed by atoms with E-state index in [4.69, 9.17) is 16.3 Å². The zero-order valence-electron chi connectivity index (χ0n) is 12.3. The van der Waals surface area contributed by atoms with Crippen molar-refractivity contribution in [2.24, 2.45) is 0 Å². The third-order valence-electron chi connectivity index (χ3n) is 3.46. The first-order valence-corrected chi connectivity index (χ1v) is 7.79. The van der Waals surface area contributed by atoms with E-state index in [9.17, 15) is 0 Å². The number of methoxy groups -OCH3 is 1. The van der Waals surface area contributed by atoms with Crippen LogP contribution in [0.5, 0.6) is 5.75 Å². The summed E-state index contributed by atoms with van der Waals surface area (Å²) < 4.78 is 7.90. The number of halogens is 2. The van der Waals surface area contributed by atoms with Crippen LogP contribution in [0.4, 0.5) is 11.5 Å². The predicted octanol–water partition coefficient (Wildman–Crippen LogP) is 4.51. The van der Waals surface area contributed by atoms with Gasteiger partial charge in [-0.2, -0.15) is 9.61 Å². The molecular formula is C15H14BrClN4O. The molecule has 1 aromatic carbocycles. The van der Waals surface area contributed by atoms with Gasteiger partial charge in [-0.3, -0.25) is 0 Å². The summed E-state index contributed by atoms with van der Waals surface area (Å²) in [7, 11) is 1.59. The molecule has 0 aliphatic carbocycles. The van der Waals surface area contributed by atoms with Crippen LogP contribution < -0.4 is 10.1 Å². The van der Waals surface area contributed by atoms with E-state index in [2.05, 4.69) is 31.3 Å². The summed E-state index contributed by atoms with van der Waals surface area (Å²) in [6.07, 6.45) is 1.53. The SMILES string of the molecule is COc1ccc(C)c(Nc2c(Br)cc(C)c3ncnn23)c1Cl. The van der Waals surface area contributed by atoms with E-state index in [0.717, 1.165) is 32.8 Å². The monoisotopic (exact) mass is 380 g/mol. The molecule has 3 aromatic rings. The van der Waals surface area contributed by atoms with Crippen LogP contribution in [0.2, 0.25) is 5.02 Å². The third kappa shape index (κ3) is 2.42. The van der Waals surface area contributed by atoms with E-state index in [1.165, 1.54) is 6.33 Å². The summed E-state index contributed by atoms with van der Waals surface area (Å²) in [5, 5.41) is 8.15. The van der Waals surface area contributed by atoms with Gasteiger partial charge in [-0.15, -0.1) is 0 Å². The summed E-state index contributed by atoms with van der Waals surface area (Å²) in [5.41, 5.74) is 3.61. The predicted molar refractivity (Wildman–Crippen MR) is 91.4 cm³/mol. The van der Waals surface area contributed by atoms with Gasteiger partial charge in [0, 0.05) is 0 Å². The quantitative estimate of drug-likeness (QED) is 0.725. The van der Waals surface area contributed by atoms with Crippen LogP contribution >= 0.6 is 27.5 Å². The molecule has 0 saturated carbocycles. The highest BCUT2D eigenvalue weighted by molar-refractivity contribution is 9.10. The largest absolute Gasteiger partial charge is 0.495 e. The molecule has 0 radical (unpaired) electrons. The van der Waals surface area contributed by atoms with E-state index in [1.807, 2.05) is 32.0 Å². The molecule has 0 unspecified atom stereocenters. The van der Waals surface area contributed by atoms with E-state index < -0.39 is 0 Å². The van der Waals surface area contributed by atoms with Crippen LogP contribution in [-0.2, 0) is 0 Å². The molecule has 0 aliphatic heterocycles. The fourth-order valence-corrected chi connectivity index (χ4v) is 3.24. The second-order valence-corrected chi connectivity index (χ2v) is 6.15. The summed E-state index contributed by atoms with van der Waals surface area (Å²) in [6.45, 7) is 3.97. The molecule has 5 nitrogen and oxygen atoms in total. The van der Waals surface area contributed by atoms with Crippen molar-refractivity contribution in [3.05, 3.63) is 45.1 Å². The summed E-state index contributed by atoms with van der Waals surface area (Å²) >= 11 is 9.99. The first kappa shape index (κ1) is 15.1. The van der Waals surface area contributed by atoms with Crippen molar-refractivity contribution in [3.63, 3.8) is 0 Å². The van der Waals surface area contributed by atoms with Gasteiger partial charge in [0.25, 0.3) is 0 Å². The highest BCUT2D eigenvalue weighted by atomic mass is 79.9. The number of fused-ring (bicyclic) bond motifs is 1. The molecule has 0 fully saturated rings. The van der Waals surface area contributed by atoms with Crippen LogP contribution in [-0.4, -0.2) is 21.7 Å². The highest BCUT2D eigenvalue weighted by Gasteiger charge is 2.15. The van der Waals surface area contributed by atoms with Crippen molar-refractivity contribution >= 4 is 44.7 Å². The number of nitrogens with one attached hydrogen (secondary N) is 1. The van der Waals surface area contributed by atoms with E-state index in [-0.39, 0.29) is 0 Å². The van der Waals surface area contributed by atoms with Crippen LogP contribution in [0, 0.1) is 13.8 Å². The smallest absolute Gasteiger partial charge is 0.160 e. The number of hydrogen-bond donors (Lipinski definition) is 1. The summed E-state index contributed by atoms with van der Waals surface area (Å²) in [5.74, 6) is 1.38. The molecule has 7 heteroatoms. The molecule has 2 heterocycles. The minimum absolute atomic E-state index is 0.531. The maximum atomic E-state index is 6.42. The maximum Gasteiger partial charge on any atom is 0.160 e. The van der Waals surface area contributed by atoms with Gasteiger partial charge < -0.3 is 10.1 Å². The lowest BCUT2D eigenvalue weighted by Gasteiger charge is -2.16. The lowest BCUT2D eigenvalue weighted by Crippen LogP contribution is -2.04. The first-order valence-electron chi connectivity index (χ1n) is 6.62. The Morgan fingerprint density at radius 2 is 2.05 bits per heavy atom. The molecule has 0 aliphatic rings. The Labute approximate surface area is 141 Å². The standard InChI is InChI=1S/C15H14BrClN4O/c1-8-4-5-11(22-3)12(17)13(8)20-15-10(16)6-9(2)14-18-7-19-21(14)15/h4-7,20H,1-3H3. The lowest BCUT2D eigenvalue weighted by atomic mass is 10.2. The van der Waals surface area contributed by atoms with E-state index in [0.29, 0.717) is 10.8 Å². The second-order valence-electron chi connectivity index (χ2n) is 4.92. The Morgan fingerprint density at radius 3 is 2.77 bits per heavy atom. The second kappa shape index (κ2) is 5.78. The number of rotatable bonds is 3. The zero-order chi connectivity index (χ0) is 15.9. The molecular weight excluding hydrogens is 368 g/mol. The van der Waals surface area contributed by atoms with Crippen molar-refractivity contribution < 1.29 is 4.74 Å². The average molecular weight is 382 g/mol. The molecule has 0 spiro atoms. The van der Waals surface area contributed by atoms with Crippen molar-refractivity contribution in [1.82, 2.24) is 14.6 Å². The summed E-state index contributed by atoms with van der Waals surface area (Å²) in [4.78, 5) is 4.27.